The molecule has 0 aliphatic heterocycles. The summed E-state index contributed by atoms with van der Waals surface area (Å²) < 4.78 is 14.5. The number of nitrogens with zero attached hydrogens (tertiary/aromatic N) is 2. The van der Waals surface area contributed by atoms with E-state index in [4.69, 9.17) is 5.73 Å². The van der Waals surface area contributed by atoms with Crippen LogP contribution in [0.2, 0.25) is 0 Å². The summed E-state index contributed by atoms with van der Waals surface area (Å²) in [6.07, 6.45) is 3.26. The van der Waals surface area contributed by atoms with Gasteiger partial charge in [-0.15, -0.1) is 0 Å². The van der Waals surface area contributed by atoms with E-state index in [1.165, 1.54) is 12.1 Å². The van der Waals surface area contributed by atoms with Crippen LogP contribution in [0.25, 0.3) is 11.4 Å². The molecule has 4 nitrogen and oxygen atoms in total. The third-order valence-electron chi connectivity index (χ3n) is 2.60. The SMILES string of the molecule is CC(C(N)=O)n1ccnc1-c1ccc(F)cc1. The van der Waals surface area contributed by atoms with Gasteiger partial charge in [-0.2, -0.15) is 0 Å². The Morgan fingerprint density at radius 1 is 1.41 bits per heavy atom. The molecule has 2 aromatic rings. The first-order valence-electron chi connectivity index (χ1n) is 5.17. The maximum absolute atomic E-state index is 12.8. The zero-order valence-corrected chi connectivity index (χ0v) is 9.30. The zero-order chi connectivity index (χ0) is 12.4. The highest BCUT2D eigenvalue weighted by atomic mass is 19.1. The number of halogens is 1. The molecule has 0 saturated heterocycles. The van der Waals surface area contributed by atoms with E-state index in [2.05, 4.69) is 4.98 Å². The van der Waals surface area contributed by atoms with Crippen molar-refractivity contribution in [2.24, 2.45) is 5.73 Å². The van der Waals surface area contributed by atoms with Crippen LogP contribution in [0, 0.1) is 5.82 Å². The average molecular weight is 233 g/mol. The third-order valence-corrected chi connectivity index (χ3v) is 2.60. The van der Waals surface area contributed by atoms with Gasteiger partial charge in [0.05, 0.1) is 0 Å². The first kappa shape index (κ1) is 11.3. The predicted molar refractivity (Wildman–Crippen MR) is 61.5 cm³/mol. The van der Waals surface area contributed by atoms with Crippen LogP contribution in [0.5, 0.6) is 0 Å². The van der Waals surface area contributed by atoms with Crippen molar-refractivity contribution < 1.29 is 9.18 Å². The molecule has 88 valence electrons. The molecule has 0 fully saturated rings. The minimum absolute atomic E-state index is 0.310. The Morgan fingerprint density at radius 3 is 2.65 bits per heavy atom. The lowest BCUT2D eigenvalue weighted by Gasteiger charge is -2.12. The Bertz CT molecular complexity index is 533. The van der Waals surface area contributed by atoms with Crippen molar-refractivity contribution in [3.63, 3.8) is 0 Å². The van der Waals surface area contributed by atoms with Crippen LogP contribution in [-0.2, 0) is 4.79 Å². The van der Waals surface area contributed by atoms with Gasteiger partial charge in [-0.1, -0.05) is 0 Å². The van der Waals surface area contributed by atoms with Gasteiger partial charge in [-0.25, -0.2) is 9.37 Å². The number of benzene rings is 1. The van der Waals surface area contributed by atoms with Crippen LogP contribution in [0.3, 0.4) is 0 Å². The molecule has 0 bridgehead atoms. The molecular weight excluding hydrogens is 221 g/mol. The number of carbonyl (C=O) groups is 1. The summed E-state index contributed by atoms with van der Waals surface area (Å²) in [6.45, 7) is 1.69. The number of hydrogen-bond acceptors (Lipinski definition) is 2. The Hall–Kier alpha value is -2.17. The summed E-state index contributed by atoms with van der Waals surface area (Å²) in [5.41, 5.74) is 5.99. The molecule has 1 amide bonds. The van der Waals surface area contributed by atoms with E-state index in [1.54, 1.807) is 36.0 Å². The average Bonchev–Trinajstić information content (AvgIpc) is 2.77. The fourth-order valence-corrected chi connectivity index (χ4v) is 1.59. The van der Waals surface area contributed by atoms with Crippen molar-refractivity contribution in [2.75, 3.05) is 0 Å². The Labute approximate surface area is 97.9 Å². The molecule has 17 heavy (non-hydrogen) atoms. The fraction of sp³-hybridized carbons (Fsp3) is 0.167. The standard InChI is InChI=1S/C12H12FN3O/c1-8(11(14)17)16-7-6-15-12(16)9-2-4-10(13)5-3-9/h2-8H,1H3,(H2,14,17). The quantitative estimate of drug-likeness (QED) is 0.877. The highest BCUT2D eigenvalue weighted by molar-refractivity contribution is 5.78. The lowest BCUT2D eigenvalue weighted by atomic mass is 10.2. The molecule has 0 radical (unpaired) electrons. The van der Waals surface area contributed by atoms with E-state index in [0.29, 0.717) is 5.82 Å². The predicted octanol–water partition coefficient (Wildman–Crippen LogP) is 1.74. The number of amides is 1. The number of primary amides is 1. The Kier molecular flexibility index (Phi) is 2.91. The summed E-state index contributed by atoms with van der Waals surface area (Å²) in [5.74, 6) is -0.155. The largest absolute Gasteiger partial charge is 0.368 e. The van der Waals surface area contributed by atoms with Crippen molar-refractivity contribution >= 4 is 5.91 Å². The lowest BCUT2D eigenvalue weighted by Crippen LogP contribution is -2.24. The van der Waals surface area contributed by atoms with Crippen LogP contribution >= 0.6 is 0 Å². The highest BCUT2D eigenvalue weighted by Crippen LogP contribution is 2.21. The van der Waals surface area contributed by atoms with Gasteiger partial charge in [0, 0.05) is 18.0 Å². The molecule has 1 aromatic heterocycles. The molecule has 2 N–H and O–H groups in total. The van der Waals surface area contributed by atoms with Crippen LogP contribution < -0.4 is 5.73 Å². The minimum atomic E-state index is -0.488. The molecule has 0 aliphatic rings. The van der Waals surface area contributed by atoms with Gasteiger partial charge >= 0.3 is 0 Å². The molecule has 2 rings (SSSR count). The normalized spacial score (nSPS) is 12.4. The minimum Gasteiger partial charge on any atom is -0.368 e. The van der Waals surface area contributed by atoms with E-state index < -0.39 is 11.9 Å². The topological polar surface area (TPSA) is 60.9 Å². The highest BCUT2D eigenvalue weighted by Gasteiger charge is 2.15. The number of imidazole rings is 1. The molecule has 1 aromatic carbocycles. The molecule has 0 spiro atoms. The van der Waals surface area contributed by atoms with Crippen molar-refractivity contribution in [3.05, 3.63) is 42.5 Å². The molecule has 0 saturated carbocycles. The summed E-state index contributed by atoms with van der Waals surface area (Å²) in [5, 5.41) is 0. The van der Waals surface area contributed by atoms with Gasteiger partial charge in [0.2, 0.25) is 5.91 Å². The number of carbonyl (C=O) groups excluding carboxylic acids is 1. The van der Waals surface area contributed by atoms with Gasteiger partial charge in [0.1, 0.15) is 17.7 Å². The zero-order valence-electron chi connectivity index (χ0n) is 9.30. The summed E-state index contributed by atoms with van der Waals surface area (Å²) >= 11 is 0. The number of nitrogens with two attached hydrogens (primary N) is 1. The number of rotatable bonds is 3. The smallest absolute Gasteiger partial charge is 0.240 e. The molecular formula is C12H12FN3O. The van der Waals surface area contributed by atoms with Gasteiger partial charge in [-0.05, 0) is 31.2 Å². The lowest BCUT2D eigenvalue weighted by molar-refractivity contribution is -0.120. The second kappa shape index (κ2) is 4.37. The molecule has 1 atom stereocenters. The fourth-order valence-electron chi connectivity index (χ4n) is 1.59. The van der Waals surface area contributed by atoms with Gasteiger partial charge < -0.3 is 10.3 Å². The van der Waals surface area contributed by atoms with Crippen LogP contribution in [-0.4, -0.2) is 15.5 Å². The van der Waals surface area contributed by atoms with Crippen molar-refractivity contribution in [1.29, 1.82) is 0 Å². The second-order valence-electron chi connectivity index (χ2n) is 3.74. The van der Waals surface area contributed by atoms with Crippen molar-refractivity contribution in [2.45, 2.75) is 13.0 Å². The monoisotopic (exact) mass is 233 g/mol. The molecule has 0 aliphatic carbocycles. The third kappa shape index (κ3) is 2.18. The summed E-state index contributed by atoms with van der Waals surface area (Å²) in [4.78, 5) is 15.3. The van der Waals surface area contributed by atoms with Crippen molar-refractivity contribution in [3.8, 4) is 11.4 Å². The van der Waals surface area contributed by atoms with Gasteiger partial charge in [-0.3, -0.25) is 4.79 Å². The van der Waals surface area contributed by atoms with E-state index in [0.717, 1.165) is 5.56 Å². The number of hydrogen-bond donors (Lipinski definition) is 1. The molecule has 1 unspecified atom stereocenters. The van der Waals surface area contributed by atoms with Gasteiger partial charge in [0.15, 0.2) is 0 Å². The maximum atomic E-state index is 12.8. The summed E-state index contributed by atoms with van der Waals surface area (Å²) in [6, 6.07) is 5.44. The van der Waals surface area contributed by atoms with E-state index in [1.807, 2.05) is 0 Å². The second-order valence-corrected chi connectivity index (χ2v) is 3.74. The summed E-state index contributed by atoms with van der Waals surface area (Å²) in [7, 11) is 0. The van der Waals surface area contributed by atoms with Crippen LogP contribution in [0.1, 0.15) is 13.0 Å². The van der Waals surface area contributed by atoms with Gasteiger partial charge in [0.25, 0.3) is 0 Å². The first-order valence-corrected chi connectivity index (χ1v) is 5.17. The molecule has 1 heterocycles. The van der Waals surface area contributed by atoms with Crippen LogP contribution in [0.4, 0.5) is 4.39 Å². The number of aromatic nitrogens is 2. The van der Waals surface area contributed by atoms with E-state index >= 15 is 0 Å². The van der Waals surface area contributed by atoms with Crippen LogP contribution in [0.15, 0.2) is 36.7 Å². The van der Waals surface area contributed by atoms with E-state index in [-0.39, 0.29) is 5.82 Å². The first-order chi connectivity index (χ1) is 8.09. The van der Waals surface area contributed by atoms with Crippen molar-refractivity contribution in [1.82, 2.24) is 9.55 Å². The Morgan fingerprint density at radius 2 is 2.06 bits per heavy atom. The van der Waals surface area contributed by atoms with E-state index in [9.17, 15) is 9.18 Å². The maximum Gasteiger partial charge on any atom is 0.240 e. The molecule has 5 heteroatoms. The Balaban J connectivity index is 2.43.